The maximum Gasteiger partial charge on any atom is 0.134 e. The lowest BCUT2D eigenvalue weighted by molar-refractivity contribution is 0.451. The number of nitrogens with one attached hydrogen (secondary N) is 1. The molecule has 0 aliphatic carbocycles. The van der Waals surface area contributed by atoms with Crippen LogP contribution in [0.25, 0.3) is 0 Å². The maximum atomic E-state index is 11.6. The fraction of sp³-hybridized carbons (Fsp3) is 0.750. The molecule has 0 aliphatic rings. The van der Waals surface area contributed by atoms with Crippen LogP contribution in [0.1, 0.15) is 13.8 Å². The van der Waals surface area contributed by atoms with Crippen molar-refractivity contribution >= 4 is 5.71 Å². The molecule has 0 bridgehead atoms. The van der Waals surface area contributed by atoms with Crippen LogP contribution in [-0.4, -0.2) is 11.9 Å². The third-order valence-corrected chi connectivity index (χ3v) is 0.597. The van der Waals surface area contributed by atoms with Crippen LogP contribution in [0, 0.1) is 5.41 Å². The minimum Gasteiger partial charge on any atom is -0.307 e. The molecule has 0 fully saturated rings. The van der Waals surface area contributed by atoms with E-state index in [9.17, 15) is 4.39 Å². The first-order chi connectivity index (χ1) is 2.64. The SMILES string of the molecule is CC(=N)C(C)F. The highest BCUT2D eigenvalue weighted by Crippen LogP contribution is 1.86. The average Bonchev–Trinajstić information content (AvgIpc) is 1.36. The van der Waals surface area contributed by atoms with Gasteiger partial charge in [0.25, 0.3) is 0 Å². The van der Waals surface area contributed by atoms with Gasteiger partial charge >= 0.3 is 0 Å². The van der Waals surface area contributed by atoms with E-state index in [-0.39, 0.29) is 5.71 Å². The number of alkyl halides is 1. The zero-order chi connectivity index (χ0) is 5.15. The Bertz CT molecular complexity index is 58.6. The summed E-state index contributed by atoms with van der Waals surface area (Å²) in [4.78, 5) is 0. The molecule has 1 nitrogen and oxygen atoms in total. The van der Waals surface area contributed by atoms with Crippen LogP contribution in [-0.2, 0) is 0 Å². The molecule has 0 saturated heterocycles. The second-order valence-corrected chi connectivity index (χ2v) is 1.30. The molecule has 0 aromatic carbocycles. The van der Waals surface area contributed by atoms with E-state index in [1.54, 1.807) is 0 Å². The molecule has 0 aromatic rings. The lowest BCUT2D eigenvalue weighted by Gasteiger charge is -1.91. The van der Waals surface area contributed by atoms with E-state index in [0.717, 1.165) is 0 Å². The quantitative estimate of drug-likeness (QED) is 0.469. The summed E-state index contributed by atoms with van der Waals surface area (Å²) in [5, 5.41) is 6.57. The Morgan fingerprint density at radius 3 is 2.00 bits per heavy atom. The second-order valence-electron chi connectivity index (χ2n) is 1.30. The van der Waals surface area contributed by atoms with E-state index in [0.29, 0.717) is 0 Å². The molecule has 0 heterocycles. The fourth-order valence-corrected chi connectivity index (χ4v) is 0. The zero-order valence-electron chi connectivity index (χ0n) is 3.96. The third-order valence-electron chi connectivity index (χ3n) is 0.597. The predicted molar refractivity (Wildman–Crippen MR) is 24.0 cm³/mol. The van der Waals surface area contributed by atoms with Gasteiger partial charge in [0.2, 0.25) is 0 Å². The van der Waals surface area contributed by atoms with E-state index in [1.807, 2.05) is 0 Å². The summed E-state index contributed by atoms with van der Waals surface area (Å²) in [5.74, 6) is 0. The van der Waals surface area contributed by atoms with Crippen molar-refractivity contribution in [3.05, 3.63) is 0 Å². The van der Waals surface area contributed by atoms with Crippen LogP contribution < -0.4 is 0 Å². The predicted octanol–water partition coefficient (Wildman–Crippen LogP) is 1.38. The summed E-state index contributed by atoms with van der Waals surface area (Å²) in [6.45, 7) is 2.80. The van der Waals surface area contributed by atoms with Gasteiger partial charge in [0.1, 0.15) is 6.17 Å². The van der Waals surface area contributed by atoms with Gasteiger partial charge in [-0.1, -0.05) is 0 Å². The van der Waals surface area contributed by atoms with Gasteiger partial charge in [-0.25, -0.2) is 4.39 Å². The first-order valence-electron chi connectivity index (χ1n) is 1.83. The molecule has 0 rings (SSSR count). The standard InChI is InChI=1S/C4H8FN/c1-3(5)4(2)6/h3,6H,1-2H3. The first kappa shape index (κ1) is 5.60. The Balaban J connectivity index is 3.26. The molecule has 1 atom stereocenters. The summed E-state index contributed by atoms with van der Waals surface area (Å²) in [5.41, 5.74) is 0.0926. The van der Waals surface area contributed by atoms with Crippen molar-refractivity contribution in [2.75, 3.05) is 0 Å². The number of halogens is 1. The van der Waals surface area contributed by atoms with Crippen LogP contribution >= 0.6 is 0 Å². The smallest absolute Gasteiger partial charge is 0.134 e. The summed E-state index contributed by atoms with van der Waals surface area (Å²) in [7, 11) is 0. The van der Waals surface area contributed by atoms with Crippen molar-refractivity contribution in [1.82, 2.24) is 0 Å². The van der Waals surface area contributed by atoms with E-state index in [2.05, 4.69) is 0 Å². The number of rotatable bonds is 1. The van der Waals surface area contributed by atoms with Gasteiger partial charge in [-0.3, -0.25) is 0 Å². The molecule has 0 spiro atoms. The van der Waals surface area contributed by atoms with Crippen molar-refractivity contribution in [3.8, 4) is 0 Å². The van der Waals surface area contributed by atoms with Crippen LogP contribution in [0.5, 0.6) is 0 Å². The minimum absolute atomic E-state index is 0.0926. The number of hydrogen-bond donors (Lipinski definition) is 1. The molecular formula is C4H8FN. The van der Waals surface area contributed by atoms with Gasteiger partial charge in [0.05, 0.1) is 0 Å². The Kier molecular flexibility index (Phi) is 1.77. The normalized spacial score (nSPS) is 13.8. The van der Waals surface area contributed by atoms with Crippen LogP contribution in [0.3, 0.4) is 0 Å². The highest BCUT2D eigenvalue weighted by molar-refractivity contribution is 5.82. The second kappa shape index (κ2) is 1.90. The van der Waals surface area contributed by atoms with Gasteiger partial charge in [0, 0.05) is 5.71 Å². The molecule has 2 heteroatoms. The molecule has 0 saturated carbocycles. The zero-order valence-corrected chi connectivity index (χ0v) is 3.96. The van der Waals surface area contributed by atoms with Gasteiger partial charge in [-0.2, -0.15) is 0 Å². The summed E-state index contributed by atoms with van der Waals surface area (Å²) in [6, 6.07) is 0. The average molecular weight is 89.1 g/mol. The Hall–Kier alpha value is -0.400. The highest BCUT2D eigenvalue weighted by Gasteiger charge is 1.95. The summed E-state index contributed by atoms with van der Waals surface area (Å²) in [6.07, 6.45) is -1.06. The van der Waals surface area contributed by atoms with Crippen LogP contribution in [0.15, 0.2) is 0 Å². The topological polar surface area (TPSA) is 23.9 Å². The summed E-state index contributed by atoms with van der Waals surface area (Å²) >= 11 is 0. The Morgan fingerprint density at radius 1 is 1.83 bits per heavy atom. The minimum atomic E-state index is -1.06. The van der Waals surface area contributed by atoms with E-state index < -0.39 is 6.17 Å². The lowest BCUT2D eigenvalue weighted by Crippen LogP contribution is -2.03. The molecule has 1 unspecified atom stereocenters. The van der Waals surface area contributed by atoms with E-state index in [4.69, 9.17) is 5.41 Å². The van der Waals surface area contributed by atoms with Crippen molar-refractivity contribution in [2.24, 2.45) is 0 Å². The van der Waals surface area contributed by atoms with Crippen LogP contribution in [0.4, 0.5) is 4.39 Å². The van der Waals surface area contributed by atoms with Crippen molar-refractivity contribution in [1.29, 1.82) is 5.41 Å². The molecule has 1 N–H and O–H groups in total. The Morgan fingerprint density at radius 2 is 2.00 bits per heavy atom. The lowest BCUT2D eigenvalue weighted by atomic mass is 10.3. The van der Waals surface area contributed by atoms with Crippen molar-refractivity contribution in [3.63, 3.8) is 0 Å². The van der Waals surface area contributed by atoms with Gasteiger partial charge in [0.15, 0.2) is 0 Å². The molecule has 0 aliphatic heterocycles. The van der Waals surface area contributed by atoms with Gasteiger partial charge in [-0.05, 0) is 13.8 Å². The largest absolute Gasteiger partial charge is 0.307 e. The molecule has 6 heavy (non-hydrogen) atoms. The molecular weight excluding hydrogens is 81.0 g/mol. The molecule has 0 radical (unpaired) electrons. The first-order valence-corrected chi connectivity index (χ1v) is 1.83. The molecule has 0 aromatic heterocycles. The number of hydrogen-bond acceptors (Lipinski definition) is 1. The maximum absolute atomic E-state index is 11.6. The van der Waals surface area contributed by atoms with Crippen molar-refractivity contribution < 1.29 is 4.39 Å². The van der Waals surface area contributed by atoms with Crippen LogP contribution in [0.2, 0.25) is 0 Å². The summed E-state index contributed by atoms with van der Waals surface area (Å²) < 4.78 is 11.6. The van der Waals surface area contributed by atoms with Gasteiger partial charge in [-0.15, -0.1) is 0 Å². The third kappa shape index (κ3) is 1.88. The van der Waals surface area contributed by atoms with E-state index in [1.165, 1.54) is 13.8 Å². The van der Waals surface area contributed by atoms with Crippen molar-refractivity contribution in [2.45, 2.75) is 20.0 Å². The Labute approximate surface area is 36.7 Å². The fourth-order valence-electron chi connectivity index (χ4n) is 0. The molecule has 36 valence electrons. The van der Waals surface area contributed by atoms with E-state index >= 15 is 0 Å². The molecule has 0 amide bonds. The van der Waals surface area contributed by atoms with Gasteiger partial charge < -0.3 is 5.41 Å². The monoisotopic (exact) mass is 89.1 g/mol. The highest BCUT2D eigenvalue weighted by atomic mass is 19.1.